The Morgan fingerprint density at radius 1 is 1.16 bits per heavy atom. The van der Waals surface area contributed by atoms with E-state index in [1.165, 1.54) is 12.1 Å². The number of allylic oxidation sites excluding steroid dienone is 3. The highest BCUT2D eigenvalue weighted by Crippen LogP contribution is 2.50. The fourth-order valence-electron chi connectivity index (χ4n) is 5.27. The second kappa shape index (κ2) is 9.72. The maximum atomic E-state index is 13.8. The molecule has 1 N–H and O–H groups in total. The van der Waals surface area contributed by atoms with Gasteiger partial charge in [-0.2, -0.15) is 0 Å². The van der Waals surface area contributed by atoms with E-state index in [-0.39, 0.29) is 60.0 Å². The summed E-state index contributed by atoms with van der Waals surface area (Å²) < 4.78 is 16.4. The van der Waals surface area contributed by atoms with Crippen LogP contribution in [0.1, 0.15) is 50.2 Å². The van der Waals surface area contributed by atoms with Crippen LogP contribution in [-0.2, 0) is 14.3 Å². The zero-order chi connectivity index (χ0) is 26.3. The van der Waals surface area contributed by atoms with Crippen molar-refractivity contribution in [2.75, 3.05) is 13.4 Å². The minimum atomic E-state index is -0.925. The molecule has 3 atom stereocenters. The van der Waals surface area contributed by atoms with Crippen molar-refractivity contribution in [3.8, 4) is 11.5 Å². The van der Waals surface area contributed by atoms with Crippen molar-refractivity contribution in [1.82, 2.24) is 5.32 Å². The van der Waals surface area contributed by atoms with Crippen LogP contribution in [0.3, 0.4) is 0 Å². The smallest absolute Gasteiger partial charge is 0.336 e. The summed E-state index contributed by atoms with van der Waals surface area (Å²) in [4.78, 5) is 38.8. The highest BCUT2D eigenvalue weighted by Gasteiger charge is 2.47. The Hall–Kier alpha value is -4.14. The molecule has 0 saturated heterocycles. The van der Waals surface area contributed by atoms with E-state index in [1.807, 2.05) is 50.3 Å². The molecule has 0 fully saturated rings. The first kappa shape index (κ1) is 24.5. The number of nitro groups is 1. The quantitative estimate of drug-likeness (QED) is 0.341. The number of Topliss-reactive ketones (excluding diaryl/α,β-unsaturated/α-hetero) is 1. The van der Waals surface area contributed by atoms with Crippen LogP contribution in [-0.4, -0.2) is 30.1 Å². The zero-order valence-corrected chi connectivity index (χ0v) is 20.9. The average molecular weight is 505 g/mol. The molecule has 2 heterocycles. The summed E-state index contributed by atoms with van der Waals surface area (Å²) in [6.07, 6.45) is 2.20. The van der Waals surface area contributed by atoms with Crippen LogP contribution in [0.2, 0.25) is 0 Å². The summed E-state index contributed by atoms with van der Waals surface area (Å²) in [6.45, 7) is 5.69. The molecule has 2 aliphatic heterocycles. The fraction of sp³-hybridized carbons (Fsp3) is 0.357. The van der Waals surface area contributed by atoms with Gasteiger partial charge in [-0.1, -0.05) is 50.3 Å². The van der Waals surface area contributed by atoms with Gasteiger partial charge in [0, 0.05) is 35.2 Å². The number of esters is 1. The number of nitrogens with zero attached hydrogens (tertiary/aromatic N) is 1. The molecule has 3 aliphatic rings. The van der Waals surface area contributed by atoms with Crippen molar-refractivity contribution in [3.05, 3.63) is 86.7 Å². The van der Waals surface area contributed by atoms with E-state index >= 15 is 0 Å². The number of carbonyl (C=O) groups is 2. The van der Waals surface area contributed by atoms with Crippen LogP contribution in [0, 0.1) is 22.0 Å². The summed E-state index contributed by atoms with van der Waals surface area (Å²) in [5.41, 5.74) is 2.30. The normalized spacial score (nSPS) is 22.3. The van der Waals surface area contributed by atoms with Gasteiger partial charge in [0.15, 0.2) is 11.5 Å². The molecule has 1 aliphatic carbocycles. The molecule has 37 heavy (non-hydrogen) atoms. The van der Waals surface area contributed by atoms with E-state index < -0.39 is 22.7 Å². The van der Waals surface area contributed by atoms with Gasteiger partial charge in [-0.05, 0) is 24.5 Å². The van der Waals surface area contributed by atoms with Crippen molar-refractivity contribution in [1.29, 1.82) is 0 Å². The molecule has 2 aromatic rings. The average Bonchev–Trinajstić information content (AvgIpc) is 3.33. The molecule has 0 radical (unpaired) electrons. The predicted molar refractivity (Wildman–Crippen MR) is 134 cm³/mol. The highest BCUT2D eigenvalue weighted by atomic mass is 16.7. The molecule has 0 amide bonds. The van der Waals surface area contributed by atoms with Gasteiger partial charge in [-0.25, -0.2) is 4.79 Å². The van der Waals surface area contributed by atoms with Crippen molar-refractivity contribution in [3.63, 3.8) is 0 Å². The number of nitro benzene ring substituents is 1. The van der Waals surface area contributed by atoms with Gasteiger partial charge in [0.1, 0.15) is 5.78 Å². The molecule has 0 saturated carbocycles. The lowest BCUT2D eigenvalue weighted by molar-refractivity contribution is -0.385. The number of hydrogen-bond acceptors (Lipinski definition) is 8. The van der Waals surface area contributed by atoms with E-state index in [9.17, 15) is 19.7 Å². The summed E-state index contributed by atoms with van der Waals surface area (Å²) in [5.74, 6) is -1.92. The number of ketones is 1. The summed E-state index contributed by atoms with van der Waals surface area (Å²) in [5, 5.41) is 15.4. The Morgan fingerprint density at radius 3 is 2.54 bits per heavy atom. The van der Waals surface area contributed by atoms with Crippen LogP contribution >= 0.6 is 0 Å². The monoisotopic (exact) mass is 504 g/mol. The Morgan fingerprint density at radius 2 is 1.86 bits per heavy atom. The van der Waals surface area contributed by atoms with Gasteiger partial charge in [0.05, 0.1) is 29.1 Å². The third kappa shape index (κ3) is 4.57. The number of hydrogen-bond donors (Lipinski definition) is 1. The van der Waals surface area contributed by atoms with E-state index in [0.717, 1.165) is 5.56 Å². The van der Waals surface area contributed by atoms with Crippen LogP contribution in [0.4, 0.5) is 5.69 Å². The van der Waals surface area contributed by atoms with Gasteiger partial charge < -0.3 is 19.5 Å². The van der Waals surface area contributed by atoms with Crippen LogP contribution in [0.15, 0.2) is 65.5 Å². The molecular weight excluding hydrogens is 476 g/mol. The van der Waals surface area contributed by atoms with Crippen molar-refractivity contribution in [2.45, 2.75) is 39.0 Å². The predicted octanol–water partition coefficient (Wildman–Crippen LogP) is 4.74. The van der Waals surface area contributed by atoms with Crippen LogP contribution in [0.25, 0.3) is 0 Å². The van der Waals surface area contributed by atoms with Gasteiger partial charge in [-0.3, -0.25) is 14.9 Å². The lowest BCUT2D eigenvalue weighted by Gasteiger charge is -2.39. The maximum Gasteiger partial charge on any atom is 0.336 e. The molecular formula is C28H28N2O7. The SMILES string of the molecule is CC1=C(C(=O)OCC(C)C)C(c2cc3c(cc2[N+](=O)[O-])OCO3)C2C(=O)CC(c3ccccc3)C=C2N1. The number of fused-ring (bicyclic) bond motifs is 2. The first-order valence-electron chi connectivity index (χ1n) is 12.3. The van der Waals surface area contributed by atoms with Crippen LogP contribution in [0.5, 0.6) is 11.5 Å². The molecule has 2 aromatic carbocycles. The van der Waals surface area contributed by atoms with Gasteiger partial charge in [0.2, 0.25) is 6.79 Å². The Labute approximate surface area is 214 Å². The first-order valence-corrected chi connectivity index (χ1v) is 12.3. The maximum absolute atomic E-state index is 13.8. The summed E-state index contributed by atoms with van der Waals surface area (Å²) in [6, 6.07) is 12.5. The third-order valence-corrected chi connectivity index (χ3v) is 6.91. The minimum absolute atomic E-state index is 0.0629. The molecule has 9 nitrogen and oxygen atoms in total. The lowest BCUT2D eigenvalue weighted by atomic mass is 9.68. The van der Waals surface area contributed by atoms with E-state index in [1.54, 1.807) is 6.92 Å². The molecule has 0 aromatic heterocycles. The number of carbonyl (C=O) groups excluding carboxylic acids is 2. The minimum Gasteiger partial charge on any atom is -0.462 e. The third-order valence-electron chi connectivity index (χ3n) is 6.91. The number of ether oxygens (including phenoxy) is 3. The Balaban J connectivity index is 1.67. The second-order valence-corrected chi connectivity index (χ2v) is 9.94. The van der Waals surface area contributed by atoms with Crippen LogP contribution < -0.4 is 14.8 Å². The standard InChI is InChI=1S/C28H28N2O7/c1-15(2)13-35-28(32)25-16(3)29-20-9-18(17-7-5-4-6-8-17)10-22(31)27(20)26(25)19-11-23-24(37-14-36-23)12-21(19)30(33)34/h4-9,11-12,15,18,26-27,29H,10,13-14H2,1-3H3. The van der Waals surface area contributed by atoms with E-state index in [2.05, 4.69) is 5.32 Å². The van der Waals surface area contributed by atoms with Crippen molar-refractivity contribution < 1.29 is 28.7 Å². The molecule has 3 unspecified atom stereocenters. The Bertz CT molecular complexity index is 1330. The topological polar surface area (TPSA) is 117 Å². The fourth-order valence-corrected chi connectivity index (χ4v) is 5.27. The second-order valence-electron chi connectivity index (χ2n) is 9.94. The molecule has 0 spiro atoms. The summed E-state index contributed by atoms with van der Waals surface area (Å²) >= 11 is 0. The number of benzene rings is 2. The zero-order valence-electron chi connectivity index (χ0n) is 20.9. The van der Waals surface area contributed by atoms with Crippen molar-refractivity contribution in [2.24, 2.45) is 11.8 Å². The van der Waals surface area contributed by atoms with Gasteiger partial charge in [-0.15, -0.1) is 0 Å². The Kier molecular flexibility index (Phi) is 6.45. The van der Waals surface area contributed by atoms with E-state index in [4.69, 9.17) is 14.2 Å². The molecule has 0 bridgehead atoms. The summed E-state index contributed by atoms with van der Waals surface area (Å²) in [7, 11) is 0. The number of rotatable bonds is 6. The molecule has 192 valence electrons. The van der Waals surface area contributed by atoms with Gasteiger partial charge >= 0.3 is 5.97 Å². The largest absolute Gasteiger partial charge is 0.462 e. The van der Waals surface area contributed by atoms with Crippen molar-refractivity contribution >= 4 is 17.4 Å². The van der Waals surface area contributed by atoms with Gasteiger partial charge in [0.25, 0.3) is 5.69 Å². The number of nitrogens with one attached hydrogen (secondary N) is 1. The van der Waals surface area contributed by atoms with E-state index in [0.29, 0.717) is 17.1 Å². The highest BCUT2D eigenvalue weighted by molar-refractivity contribution is 5.97. The first-order chi connectivity index (χ1) is 17.7. The molecule has 5 rings (SSSR count). The molecule has 9 heteroatoms. The lowest BCUT2D eigenvalue weighted by Crippen LogP contribution is -2.42.